The van der Waals surface area contributed by atoms with Crippen molar-refractivity contribution >= 4 is 0 Å². The quantitative estimate of drug-likeness (QED) is 0.850. The highest BCUT2D eigenvalue weighted by atomic mass is 16.3. The Morgan fingerprint density at radius 2 is 1.84 bits per heavy atom. The van der Waals surface area contributed by atoms with Gasteiger partial charge in [0.2, 0.25) is 0 Å². The summed E-state index contributed by atoms with van der Waals surface area (Å²) in [5, 5.41) is 9.93. The van der Waals surface area contributed by atoms with Crippen molar-refractivity contribution in [3.8, 4) is 0 Å². The zero-order chi connectivity index (χ0) is 13.9. The third-order valence-corrected chi connectivity index (χ3v) is 5.39. The number of likely N-dealkylation sites (N-methyl/N-ethyl adjacent to an activating group) is 1. The van der Waals surface area contributed by atoms with Crippen LogP contribution in [0.1, 0.15) is 46.0 Å². The van der Waals surface area contributed by atoms with Crippen LogP contribution in [0.25, 0.3) is 0 Å². The third kappa shape index (κ3) is 3.93. The predicted molar refractivity (Wildman–Crippen MR) is 80.3 cm³/mol. The summed E-state index contributed by atoms with van der Waals surface area (Å²) < 4.78 is 0. The smallest absolute Gasteiger partial charge is 0.0499 e. The largest absolute Gasteiger partial charge is 0.396 e. The number of rotatable bonds is 3. The van der Waals surface area contributed by atoms with Gasteiger partial charge in [0.15, 0.2) is 0 Å². The lowest BCUT2D eigenvalue weighted by molar-refractivity contribution is 0.0188. The fraction of sp³-hybridized carbons (Fsp3) is 1.00. The zero-order valence-electron chi connectivity index (χ0n) is 13.1. The van der Waals surface area contributed by atoms with E-state index in [1.807, 2.05) is 0 Å². The van der Waals surface area contributed by atoms with Crippen LogP contribution in [0.4, 0.5) is 0 Å². The van der Waals surface area contributed by atoms with Gasteiger partial charge in [0.05, 0.1) is 0 Å². The van der Waals surface area contributed by atoms with E-state index in [1.54, 1.807) is 0 Å². The summed E-state index contributed by atoms with van der Waals surface area (Å²) in [4.78, 5) is 5.08. The fourth-order valence-corrected chi connectivity index (χ4v) is 3.83. The monoisotopic (exact) mass is 268 g/mol. The Hall–Kier alpha value is -0.120. The van der Waals surface area contributed by atoms with Crippen LogP contribution in [0.15, 0.2) is 0 Å². The van der Waals surface area contributed by atoms with Crippen LogP contribution in [0.3, 0.4) is 0 Å². The van der Waals surface area contributed by atoms with Gasteiger partial charge >= 0.3 is 0 Å². The van der Waals surface area contributed by atoms with E-state index in [9.17, 15) is 5.11 Å². The summed E-state index contributed by atoms with van der Waals surface area (Å²) in [5.41, 5.74) is 0.184. The lowest BCUT2D eigenvalue weighted by Gasteiger charge is -2.43. The van der Waals surface area contributed by atoms with Crippen LogP contribution >= 0.6 is 0 Å². The summed E-state index contributed by atoms with van der Waals surface area (Å²) in [6.45, 7) is 9.75. The second kappa shape index (κ2) is 6.55. The maximum atomic E-state index is 9.93. The number of hydrogen-bond acceptors (Lipinski definition) is 3. The van der Waals surface area contributed by atoms with Crippen LogP contribution in [0.2, 0.25) is 0 Å². The topological polar surface area (TPSA) is 26.7 Å². The van der Waals surface area contributed by atoms with Gasteiger partial charge in [0.1, 0.15) is 0 Å². The molecule has 1 atom stereocenters. The molecule has 1 saturated carbocycles. The minimum absolute atomic E-state index is 0.184. The van der Waals surface area contributed by atoms with E-state index in [2.05, 4.69) is 30.7 Å². The SMILES string of the molecule is CC1CCC(CO)(CN2CCCN(C)CC2C)CC1. The molecule has 3 heteroatoms. The molecule has 2 aliphatic rings. The number of hydrogen-bond donors (Lipinski definition) is 1. The summed E-state index contributed by atoms with van der Waals surface area (Å²) in [6, 6.07) is 0.621. The second-order valence-electron chi connectivity index (χ2n) is 7.28. The number of nitrogens with zero attached hydrogens (tertiary/aromatic N) is 2. The highest BCUT2D eigenvalue weighted by Crippen LogP contribution is 2.39. The van der Waals surface area contributed by atoms with E-state index < -0.39 is 0 Å². The van der Waals surface area contributed by atoms with E-state index in [1.165, 1.54) is 45.2 Å². The standard InChI is InChI=1S/C16H32N2O/c1-14-5-7-16(13-19,8-6-14)12-18-10-4-9-17(3)11-15(18)2/h14-15,19H,4-13H2,1-3H3. The van der Waals surface area contributed by atoms with Crippen molar-refractivity contribution < 1.29 is 5.11 Å². The molecular formula is C16H32N2O. The van der Waals surface area contributed by atoms with Crippen LogP contribution in [0.5, 0.6) is 0 Å². The molecule has 2 rings (SSSR count). The average molecular weight is 268 g/mol. The maximum absolute atomic E-state index is 9.93. The van der Waals surface area contributed by atoms with Gasteiger partial charge in [-0.15, -0.1) is 0 Å². The molecule has 1 saturated heterocycles. The molecule has 2 fully saturated rings. The molecule has 0 radical (unpaired) electrons. The van der Waals surface area contributed by atoms with Crippen molar-refractivity contribution in [2.45, 2.75) is 52.0 Å². The molecule has 0 aromatic heterocycles. The van der Waals surface area contributed by atoms with E-state index in [4.69, 9.17) is 0 Å². The minimum Gasteiger partial charge on any atom is -0.396 e. The van der Waals surface area contributed by atoms with Gasteiger partial charge < -0.3 is 10.0 Å². The lowest BCUT2D eigenvalue weighted by atomic mass is 9.71. The summed E-state index contributed by atoms with van der Waals surface area (Å²) in [6.07, 6.45) is 6.28. The summed E-state index contributed by atoms with van der Waals surface area (Å²) in [5.74, 6) is 0.854. The van der Waals surface area contributed by atoms with Crippen molar-refractivity contribution in [2.75, 3.05) is 39.8 Å². The van der Waals surface area contributed by atoms with Gasteiger partial charge in [-0.05, 0) is 52.2 Å². The first-order valence-corrected chi connectivity index (χ1v) is 8.08. The highest BCUT2D eigenvalue weighted by Gasteiger charge is 2.36. The third-order valence-electron chi connectivity index (χ3n) is 5.39. The first-order chi connectivity index (χ1) is 9.04. The van der Waals surface area contributed by atoms with Crippen molar-refractivity contribution in [3.63, 3.8) is 0 Å². The Kier molecular flexibility index (Phi) is 5.27. The van der Waals surface area contributed by atoms with Crippen LogP contribution in [0, 0.1) is 11.3 Å². The Morgan fingerprint density at radius 3 is 2.47 bits per heavy atom. The lowest BCUT2D eigenvalue weighted by Crippen LogP contribution is -2.47. The summed E-state index contributed by atoms with van der Waals surface area (Å²) in [7, 11) is 2.23. The normalized spacial score (nSPS) is 39.2. The molecule has 1 heterocycles. The van der Waals surface area contributed by atoms with E-state index in [0.29, 0.717) is 12.6 Å². The van der Waals surface area contributed by atoms with Gasteiger partial charge in [0, 0.05) is 31.2 Å². The molecule has 112 valence electrons. The number of aliphatic hydroxyl groups is 1. The molecule has 3 nitrogen and oxygen atoms in total. The Balaban J connectivity index is 1.97. The molecule has 1 aliphatic heterocycles. The molecule has 0 bridgehead atoms. The minimum atomic E-state index is 0.184. The molecule has 19 heavy (non-hydrogen) atoms. The second-order valence-corrected chi connectivity index (χ2v) is 7.28. The van der Waals surface area contributed by atoms with Crippen LogP contribution in [-0.2, 0) is 0 Å². The van der Waals surface area contributed by atoms with Crippen molar-refractivity contribution in [2.24, 2.45) is 11.3 Å². The zero-order valence-corrected chi connectivity index (χ0v) is 13.1. The Bertz CT molecular complexity index is 274. The summed E-state index contributed by atoms with van der Waals surface area (Å²) >= 11 is 0. The molecule has 1 unspecified atom stereocenters. The van der Waals surface area contributed by atoms with Gasteiger partial charge in [-0.1, -0.05) is 19.8 Å². The molecular weight excluding hydrogens is 236 g/mol. The molecule has 1 aliphatic carbocycles. The molecule has 0 amide bonds. The van der Waals surface area contributed by atoms with Gasteiger partial charge in [-0.2, -0.15) is 0 Å². The highest BCUT2D eigenvalue weighted by molar-refractivity contribution is 4.89. The Labute approximate surface area is 119 Å². The van der Waals surface area contributed by atoms with Gasteiger partial charge in [-0.3, -0.25) is 4.90 Å². The predicted octanol–water partition coefficient (Wildman–Crippen LogP) is 2.20. The van der Waals surface area contributed by atoms with Gasteiger partial charge in [0.25, 0.3) is 0 Å². The van der Waals surface area contributed by atoms with Crippen molar-refractivity contribution in [1.29, 1.82) is 0 Å². The first-order valence-electron chi connectivity index (χ1n) is 8.08. The van der Waals surface area contributed by atoms with Crippen molar-refractivity contribution in [1.82, 2.24) is 9.80 Å². The molecule has 0 spiro atoms. The number of aliphatic hydroxyl groups excluding tert-OH is 1. The van der Waals surface area contributed by atoms with E-state index >= 15 is 0 Å². The van der Waals surface area contributed by atoms with Crippen molar-refractivity contribution in [3.05, 3.63) is 0 Å². The molecule has 1 N–H and O–H groups in total. The van der Waals surface area contributed by atoms with Crippen LogP contribution in [-0.4, -0.2) is 60.8 Å². The molecule has 0 aromatic rings. The molecule has 0 aromatic carbocycles. The fourth-order valence-electron chi connectivity index (χ4n) is 3.83. The maximum Gasteiger partial charge on any atom is 0.0499 e. The Morgan fingerprint density at radius 1 is 1.16 bits per heavy atom. The van der Waals surface area contributed by atoms with Crippen LogP contribution < -0.4 is 0 Å². The first kappa shape index (κ1) is 15.3. The van der Waals surface area contributed by atoms with E-state index in [-0.39, 0.29) is 5.41 Å². The van der Waals surface area contributed by atoms with Gasteiger partial charge in [-0.25, -0.2) is 0 Å². The average Bonchev–Trinajstić information content (AvgIpc) is 2.54. The van der Waals surface area contributed by atoms with E-state index in [0.717, 1.165) is 19.0 Å².